The molecule has 0 saturated carbocycles. The van der Waals surface area contributed by atoms with E-state index in [9.17, 15) is 5.11 Å². The lowest BCUT2D eigenvalue weighted by atomic mass is 9.97. The van der Waals surface area contributed by atoms with Gasteiger partial charge in [-0.15, -0.1) is 0 Å². The second-order valence-electron chi connectivity index (χ2n) is 5.35. The molecule has 1 aromatic heterocycles. The number of anilines is 1. The zero-order chi connectivity index (χ0) is 15.9. The van der Waals surface area contributed by atoms with Crippen molar-refractivity contribution in [3.05, 3.63) is 51.8 Å². The van der Waals surface area contributed by atoms with Crippen LogP contribution < -0.4 is 4.90 Å². The van der Waals surface area contributed by atoms with Crippen LogP contribution in [0.4, 0.5) is 5.69 Å². The van der Waals surface area contributed by atoms with Crippen molar-refractivity contribution in [3.63, 3.8) is 0 Å². The van der Waals surface area contributed by atoms with E-state index < -0.39 is 0 Å². The molecule has 3 nitrogen and oxygen atoms in total. The molecule has 1 aromatic carbocycles. The highest BCUT2D eigenvalue weighted by Gasteiger charge is 2.32. The van der Waals surface area contributed by atoms with Gasteiger partial charge in [-0.1, -0.05) is 35.4 Å². The highest BCUT2D eigenvalue weighted by Crippen LogP contribution is 2.42. The predicted octanol–water partition coefficient (Wildman–Crippen LogP) is 4.72. The van der Waals surface area contributed by atoms with Gasteiger partial charge in [-0.05, 0) is 31.2 Å². The van der Waals surface area contributed by atoms with Crippen LogP contribution >= 0.6 is 35.4 Å². The maximum absolute atomic E-state index is 10.1. The second-order valence-corrected chi connectivity index (χ2v) is 6.61. The van der Waals surface area contributed by atoms with E-state index in [1.807, 2.05) is 19.1 Å². The molecule has 114 valence electrons. The number of aromatic nitrogens is 1. The van der Waals surface area contributed by atoms with Gasteiger partial charge in [-0.3, -0.25) is 4.98 Å². The number of halogens is 2. The Kier molecular flexibility index (Phi) is 4.26. The molecule has 6 heteroatoms. The standard InChI is InChI=1S/C16H14Cl2N2OS/c1-9-6-11(4-5-19-9)20-8-10(7-14(20)22)15-13(21)3-2-12(17)16(15)18/h2-6,10,21H,7-8H2,1H3/t10-/m0/s1. The van der Waals surface area contributed by atoms with Gasteiger partial charge in [0.1, 0.15) is 5.75 Å². The molecule has 0 radical (unpaired) electrons. The van der Waals surface area contributed by atoms with E-state index in [-0.39, 0.29) is 11.7 Å². The first-order chi connectivity index (χ1) is 10.5. The van der Waals surface area contributed by atoms with E-state index in [1.54, 1.807) is 18.3 Å². The number of phenolic OH excluding ortho intramolecular Hbond substituents is 1. The van der Waals surface area contributed by atoms with Crippen molar-refractivity contribution in [3.8, 4) is 5.75 Å². The summed E-state index contributed by atoms with van der Waals surface area (Å²) in [6.07, 6.45) is 2.43. The Balaban J connectivity index is 1.94. The fourth-order valence-corrected chi connectivity index (χ4v) is 3.65. The molecule has 0 spiro atoms. The molecular weight excluding hydrogens is 339 g/mol. The summed E-state index contributed by atoms with van der Waals surface area (Å²) < 4.78 is 0. The van der Waals surface area contributed by atoms with Crippen molar-refractivity contribution in [2.45, 2.75) is 19.3 Å². The average Bonchev–Trinajstić information content (AvgIpc) is 2.85. The smallest absolute Gasteiger partial charge is 0.120 e. The number of phenols is 1. The van der Waals surface area contributed by atoms with E-state index in [2.05, 4.69) is 9.88 Å². The number of pyridine rings is 1. The highest BCUT2D eigenvalue weighted by molar-refractivity contribution is 7.80. The zero-order valence-electron chi connectivity index (χ0n) is 11.9. The molecule has 2 aromatic rings. The summed E-state index contributed by atoms with van der Waals surface area (Å²) in [5.74, 6) is 0.183. The average molecular weight is 353 g/mol. The first-order valence-electron chi connectivity index (χ1n) is 6.87. The van der Waals surface area contributed by atoms with Gasteiger partial charge in [-0.25, -0.2) is 0 Å². The quantitative estimate of drug-likeness (QED) is 0.793. The molecule has 22 heavy (non-hydrogen) atoms. The topological polar surface area (TPSA) is 36.4 Å². The zero-order valence-corrected chi connectivity index (χ0v) is 14.2. The minimum absolute atomic E-state index is 0.0205. The third kappa shape index (κ3) is 2.78. The van der Waals surface area contributed by atoms with Crippen LogP contribution in [0, 0.1) is 6.92 Å². The van der Waals surface area contributed by atoms with Crippen LogP contribution in [0.5, 0.6) is 5.75 Å². The van der Waals surface area contributed by atoms with Gasteiger partial charge in [-0.2, -0.15) is 0 Å². The Morgan fingerprint density at radius 3 is 2.82 bits per heavy atom. The Labute approximate surface area is 144 Å². The summed E-state index contributed by atoms with van der Waals surface area (Å²) in [4.78, 5) is 7.09. The van der Waals surface area contributed by atoms with Crippen molar-refractivity contribution in [2.75, 3.05) is 11.4 Å². The number of hydrogen-bond acceptors (Lipinski definition) is 3. The lowest BCUT2D eigenvalue weighted by Gasteiger charge is -2.19. The molecule has 0 bridgehead atoms. The largest absolute Gasteiger partial charge is 0.508 e. The van der Waals surface area contributed by atoms with Crippen molar-refractivity contribution >= 4 is 46.1 Å². The molecule has 1 N–H and O–H groups in total. The van der Waals surface area contributed by atoms with Crippen LogP contribution in [0.2, 0.25) is 10.0 Å². The summed E-state index contributed by atoms with van der Waals surface area (Å²) >= 11 is 17.9. The number of aromatic hydroxyl groups is 1. The number of hydrogen-bond donors (Lipinski definition) is 1. The van der Waals surface area contributed by atoms with Crippen LogP contribution in [0.1, 0.15) is 23.6 Å². The second kappa shape index (κ2) is 6.03. The van der Waals surface area contributed by atoms with E-state index in [1.165, 1.54) is 0 Å². The monoisotopic (exact) mass is 352 g/mol. The van der Waals surface area contributed by atoms with Gasteiger partial charge >= 0.3 is 0 Å². The predicted molar refractivity (Wildman–Crippen MR) is 94.4 cm³/mol. The number of benzene rings is 1. The Morgan fingerprint density at radius 1 is 1.32 bits per heavy atom. The van der Waals surface area contributed by atoms with Crippen molar-refractivity contribution in [1.82, 2.24) is 4.98 Å². The molecule has 1 fully saturated rings. The molecule has 0 aliphatic carbocycles. The van der Waals surface area contributed by atoms with Crippen LogP contribution in [-0.2, 0) is 0 Å². The van der Waals surface area contributed by atoms with Gasteiger partial charge in [0.25, 0.3) is 0 Å². The van der Waals surface area contributed by atoms with E-state index in [0.717, 1.165) is 16.4 Å². The Bertz CT molecular complexity index is 751. The maximum atomic E-state index is 10.1. The molecule has 3 rings (SSSR count). The van der Waals surface area contributed by atoms with Crippen molar-refractivity contribution in [2.24, 2.45) is 0 Å². The molecule has 0 unspecified atom stereocenters. The summed E-state index contributed by atoms with van der Waals surface area (Å²) in [6.45, 7) is 2.61. The highest BCUT2D eigenvalue weighted by atomic mass is 35.5. The summed E-state index contributed by atoms with van der Waals surface area (Å²) in [5, 5.41) is 11.0. The summed E-state index contributed by atoms with van der Waals surface area (Å²) in [6, 6.07) is 7.10. The summed E-state index contributed by atoms with van der Waals surface area (Å²) in [5.41, 5.74) is 2.62. The maximum Gasteiger partial charge on any atom is 0.120 e. The van der Waals surface area contributed by atoms with Gasteiger partial charge in [0, 0.05) is 42.0 Å². The first-order valence-corrected chi connectivity index (χ1v) is 8.03. The van der Waals surface area contributed by atoms with Crippen LogP contribution in [0.15, 0.2) is 30.5 Å². The summed E-state index contributed by atoms with van der Waals surface area (Å²) in [7, 11) is 0. The fraction of sp³-hybridized carbons (Fsp3) is 0.250. The normalized spacial score (nSPS) is 18.0. The van der Waals surface area contributed by atoms with Gasteiger partial charge in [0.2, 0.25) is 0 Å². The fourth-order valence-electron chi connectivity index (χ4n) is 2.79. The van der Waals surface area contributed by atoms with E-state index in [0.29, 0.717) is 28.6 Å². The van der Waals surface area contributed by atoms with Crippen LogP contribution in [0.25, 0.3) is 0 Å². The van der Waals surface area contributed by atoms with E-state index in [4.69, 9.17) is 35.4 Å². The minimum Gasteiger partial charge on any atom is -0.508 e. The number of nitrogens with zero attached hydrogens (tertiary/aromatic N) is 2. The SMILES string of the molecule is Cc1cc(N2C[C@@H](c3c(O)ccc(Cl)c3Cl)CC2=S)ccn1. The van der Waals surface area contributed by atoms with Gasteiger partial charge in [0.05, 0.1) is 15.0 Å². The molecule has 1 aliphatic heterocycles. The third-order valence-corrected chi connectivity index (χ3v) is 5.04. The number of thiocarbonyl (C=S) groups is 1. The molecule has 1 aliphatic rings. The number of rotatable bonds is 2. The van der Waals surface area contributed by atoms with Gasteiger partial charge in [0.15, 0.2) is 0 Å². The lowest BCUT2D eigenvalue weighted by Crippen LogP contribution is -2.23. The van der Waals surface area contributed by atoms with Crippen LogP contribution in [-0.4, -0.2) is 21.6 Å². The molecular formula is C16H14Cl2N2OS. The molecule has 1 saturated heterocycles. The minimum atomic E-state index is 0.0205. The van der Waals surface area contributed by atoms with E-state index >= 15 is 0 Å². The molecule has 1 atom stereocenters. The van der Waals surface area contributed by atoms with Gasteiger partial charge < -0.3 is 10.0 Å². The lowest BCUT2D eigenvalue weighted by molar-refractivity contribution is 0.463. The molecule has 0 amide bonds. The first kappa shape index (κ1) is 15.5. The van der Waals surface area contributed by atoms with Crippen molar-refractivity contribution < 1.29 is 5.11 Å². The molecule has 2 heterocycles. The Morgan fingerprint density at radius 2 is 2.09 bits per heavy atom. The Hall–Kier alpha value is -1.36. The third-order valence-electron chi connectivity index (χ3n) is 3.83. The van der Waals surface area contributed by atoms with Crippen LogP contribution in [0.3, 0.4) is 0 Å². The van der Waals surface area contributed by atoms with Crippen molar-refractivity contribution in [1.29, 1.82) is 0 Å². The number of aryl methyl sites for hydroxylation is 1.